The molecule has 2 aliphatic rings. The molecule has 1 unspecified atom stereocenters. The maximum absolute atomic E-state index is 14.4. The monoisotopic (exact) mass is 483 g/mol. The van der Waals surface area contributed by atoms with Crippen molar-refractivity contribution in [2.24, 2.45) is 0 Å². The van der Waals surface area contributed by atoms with Crippen LogP contribution in [0, 0.1) is 24.4 Å². The number of carbonyl (C=O) groups is 2. The minimum Gasteiger partial charge on any atom is -0.503 e. The van der Waals surface area contributed by atoms with E-state index in [0.717, 1.165) is 12.1 Å². The predicted octanol–water partition coefficient (Wildman–Crippen LogP) is 3.36. The van der Waals surface area contributed by atoms with Crippen LogP contribution in [-0.4, -0.2) is 28.0 Å². The van der Waals surface area contributed by atoms with Gasteiger partial charge in [0.25, 0.3) is 11.8 Å². The molecule has 0 spiro atoms. The number of hydrogen-bond acceptors (Lipinski definition) is 4. The lowest BCUT2D eigenvalue weighted by molar-refractivity contribution is 0.0929. The van der Waals surface area contributed by atoms with E-state index in [2.05, 4.69) is 5.32 Å². The third-order valence-electron chi connectivity index (χ3n) is 6.51. The summed E-state index contributed by atoms with van der Waals surface area (Å²) in [5, 5.41) is 12.9. The Hall–Kier alpha value is -4.08. The van der Waals surface area contributed by atoms with Crippen molar-refractivity contribution in [3.05, 3.63) is 92.2 Å². The van der Waals surface area contributed by atoms with E-state index in [1.54, 1.807) is 6.07 Å². The minimum absolute atomic E-state index is 0.158. The molecule has 180 valence electrons. The van der Waals surface area contributed by atoms with E-state index in [1.165, 1.54) is 34.7 Å². The number of aromatic nitrogens is 1. The van der Waals surface area contributed by atoms with Crippen molar-refractivity contribution >= 4 is 17.5 Å². The van der Waals surface area contributed by atoms with Gasteiger partial charge in [0.2, 0.25) is 5.43 Å². The fraction of sp³-hybridized carbons (Fsp3) is 0.240. The number of pyridine rings is 1. The van der Waals surface area contributed by atoms with Crippen molar-refractivity contribution < 1.29 is 27.9 Å². The number of aryl methyl sites for hydroxylation is 1. The molecular weight excluding hydrogens is 463 g/mol. The first-order valence-corrected chi connectivity index (χ1v) is 11.0. The molecule has 5 rings (SSSR count). The number of amides is 2. The highest BCUT2D eigenvalue weighted by molar-refractivity contribution is 6.08. The standard InChI is InChI=1S/C25H20F3N3O4/c1-12-7-18(27)15(19(28)8-12)9-29-24(34)16-11-30-13-5-6-14-17(26)3-2-4-20(14)31(10-13)25(35)21(30)23(33)22(16)32/h2-4,7-8,11,13,33H,5-6,9-10H2,1H3,(H,29,34). The molecular formula is C25H20F3N3O4. The van der Waals surface area contributed by atoms with Crippen molar-refractivity contribution in [3.63, 3.8) is 0 Å². The van der Waals surface area contributed by atoms with Crippen molar-refractivity contribution in [1.82, 2.24) is 9.88 Å². The summed E-state index contributed by atoms with van der Waals surface area (Å²) >= 11 is 0. The van der Waals surface area contributed by atoms with Crippen LogP contribution < -0.4 is 15.6 Å². The van der Waals surface area contributed by atoms with Gasteiger partial charge in [-0.3, -0.25) is 14.4 Å². The molecule has 0 saturated heterocycles. The molecule has 0 saturated carbocycles. The van der Waals surface area contributed by atoms with E-state index in [-0.39, 0.29) is 17.8 Å². The number of halogens is 3. The Bertz CT molecular complexity index is 1440. The van der Waals surface area contributed by atoms with Gasteiger partial charge in [-0.2, -0.15) is 0 Å². The Labute approximate surface area is 197 Å². The molecule has 3 heterocycles. The smallest absolute Gasteiger partial charge is 0.279 e. The second kappa shape index (κ2) is 8.30. The van der Waals surface area contributed by atoms with E-state index in [9.17, 15) is 32.7 Å². The van der Waals surface area contributed by atoms with Crippen molar-refractivity contribution in [3.8, 4) is 5.75 Å². The van der Waals surface area contributed by atoms with Crippen LogP contribution in [-0.2, 0) is 13.0 Å². The maximum atomic E-state index is 14.4. The lowest BCUT2D eigenvalue weighted by atomic mass is 10.0. The van der Waals surface area contributed by atoms with Gasteiger partial charge >= 0.3 is 0 Å². The molecule has 2 amide bonds. The lowest BCUT2D eigenvalue weighted by Crippen LogP contribution is -2.44. The molecule has 10 heteroatoms. The fourth-order valence-electron chi connectivity index (χ4n) is 4.75. The average Bonchev–Trinajstić information content (AvgIpc) is 2.98. The molecule has 0 aliphatic carbocycles. The number of nitrogens with zero attached hydrogens (tertiary/aromatic N) is 2. The predicted molar refractivity (Wildman–Crippen MR) is 120 cm³/mol. The molecule has 35 heavy (non-hydrogen) atoms. The molecule has 3 aromatic rings. The third-order valence-corrected chi connectivity index (χ3v) is 6.51. The van der Waals surface area contributed by atoms with Gasteiger partial charge in [-0.1, -0.05) is 6.07 Å². The molecule has 2 aliphatic heterocycles. The number of benzene rings is 2. The van der Waals surface area contributed by atoms with E-state index < -0.39 is 58.6 Å². The zero-order valence-corrected chi connectivity index (χ0v) is 18.6. The Morgan fingerprint density at radius 3 is 2.57 bits per heavy atom. The molecule has 1 atom stereocenters. The molecule has 0 fully saturated rings. The fourth-order valence-corrected chi connectivity index (χ4v) is 4.75. The number of carbonyl (C=O) groups excluding carboxylic acids is 2. The molecule has 7 nitrogen and oxygen atoms in total. The number of hydrogen-bond donors (Lipinski definition) is 2. The number of fused-ring (bicyclic) bond motifs is 6. The topological polar surface area (TPSA) is 91.6 Å². The van der Waals surface area contributed by atoms with Crippen LogP contribution in [0.5, 0.6) is 5.75 Å². The SMILES string of the molecule is Cc1cc(F)c(CNC(=O)c2cn3c(c(O)c2=O)C(=O)N2CC3CCc3c(F)cccc32)c(F)c1. The Morgan fingerprint density at radius 1 is 1.14 bits per heavy atom. The van der Waals surface area contributed by atoms with Gasteiger partial charge in [-0.25, -0.2) is 13.2 Å². The van der Waals surface area contributed by atoms with Crippen LogP contribution in [0.2, 0.25) is 0 Å². The Balaban J connectivity index is 1.51. The van der Waals surface area contributed by atoms with E-state index in [1.807, 2.05) is 0 Å². The molecule has 2 N–H and O–H groups in total. The Morgan fingerprint density at radius 2 is 1.86 bits per heavy atom. The van der Waals surface area contributed by atoms with E-state index >= 15 is 0 Å². The maximum Gasteiger partial charge on any atom is 0.279 e. The van der Waals surface area contributed by atoms with Crippen LogP contribution in [0.25, 0.3) is 0 Å². The summed E-state index contributed by atoms with van der Waals surface area (Å²) in [6, 6.07) is 6.18. The van der Waals surface area contributed by atoms with Gasteiger partial charge < -0.3 is 19.9 Å². The van der Waals surface area contributed by atoms with Gasteiger partial charge in [-0.05, 0) is 49.6 Å². The van der Waals surface area contributed by atoms with Gasteiger partial charge in [0.05, 0.1) is 11.7 Å². The highest BCUT2D eigenvalue weighted by atomic mass is 19.1. The first-order valence-electron chi connectivity index (χ1n) is 11.0. The zero-order valence-electron chi connectivity index (χ0n) is 18.6. The molecule has 1 aromatic heterocycles. The summed E-state index contributed by atoms with van der Waals surface area (Å²) in [5.41, 5.74) is -1.13. The van der Waals surface area contributed by atoms with Crippen molar-refractivity contribution in [2.75, 3.05) is 11.4 Å². The molecule has 2 bridgehead atoms. The number of aromatic hydroxyl groups is 1. The van der Waals surface area contributed by atoms with Gasteiger partial charge in [0.1, 0.15) is 23.0 Å². The van der Waals surface area contributed by atoms with Crippen molar-refractivity contribution in [2.45, 2.75) is 32.4 Å². The number of nitrogens with one attached hydrogen (secondary N) is 1. The highest BCUT2D eigenvalue weighted by Gasteiger charge is 2.39. The minimum atomic E-state index is -1.09. The van der Waals surface area contributed by atoms with Gasteiger partial charge in [0, 0.05) is 30.4 Å². The van der Waals surface area contributed by atoms with Crippen LogP contribution in [0.1, 0.15) is 50.0 Å². The lowest BCUT2D eigenvalue weighted by Gasteiger charge is -2.35. The summed E-state index contributed by atoms with van der Waals surface area (Å²) < 4.78 is 44.1. The number of rotatable bonds is 3. The van der Waals surface area contributed by atoms with Crippen LogP contribution in [0.3, 0.4) is 0 Å². The molecule has 0 radical (unpaired) electrons. The summed E-state index contributed by atoms with van der Waals surface area (Å²) in [6.45, 7) is 1.16. The largest absolute Gasteiger partial charge is 0.503 e. The molecule has 2 aromatic carbocycles. The van der Waals surface area contributed by atoms with Crippen LogP contribution in [0.15, 0.2) is 41.3 Å². The van der Waals surface area contributed by atoms with Gasteiger partial charge in [0.15, 0.2) is 11.4 Å². The third kappa shape index (κ3) is 3.65. The first kappa shape index (κ1) is 22.7. The second-order valence-corrected chi connectivity index (χ2v) is 8.71. The quantitative estimate of drug-likeness (QED) is 0.598. The van der Waals surface area contributed by atoms with E-state index in [4.69, 9.17) is 0 Å². The average molecular weight is 483 g/mol. The Kier molecular flexibility index (Phi) is 5.38. The van der Waals surface area contributed by atoms with Crippen molar-refractivity contribution in [1.29, 1.82) is 0 Å². The zero-order chi connectivity index (χ0) is 25.0. The summed E-state index contributed by atoms with van der Waals surface area (Å²) in [6.07, 6.45) is 1.85. The summed E-state index contributed by atoms with van der Waals surface area (Å²) in [7, 11) is 0. The van der Waals surface area contributed by atoms with Crippen LogP contribution in [0.4, 0.5) is 18.9 Å². The number of anilines is 1. The summed E-state index contributed by atoms with van der Waals surface area (Å²) in [5.74, 6) is -4.71. The normalized spacial score (nSPS) is 16.4. The van der Waals surface area contributed by atoms with Gasteiger partial charge in [-0.15, -0.1) is 0 Å². The van der Waals surface area contributed by atoms with E-state index in [0.29, 0.717) is 29.7 Å². The summed E-state index contributed by atoms with van der Waals surface area (Å²) in [4.78, 5) is 40.2. The second-order valence-electron chi connectivity index (χ2n) is 8.71. The van der Waals surface area contributed by atoms with Crippen LogP contribution >= 0.6 is 0 Å². The highest BCUT2D eigenvalue weighted by Crippen LogP contribution is 2.38. The first-order chi connectivity index (χ1) is 16.7.